The molecule has 0 aliphatic carbocycles. The maximum absolute atomic E-state index is 14.0. The number of nitrogens with zero attached hydrogens (tertiary/aromatic N) is 3. The third-order valence-electron chi connectivity index (χ3n) is 4.10. The molecule has 2 aromatic carbocycles. The number of hydrogen-bond donors (Lipinski definition) is 0. The summed E-state index contributed by atoms with van der Waals surface area (Å²) in [7, 11) is 3.78. The molecule has 0 fully saturated rings. The Bertz CT molecular complexity index is 999. The fourth-order valence-corrected chi connectivity index (χ4v) is 4.50. The number of halogens is 4. The number of thiazole rings is 1. The van der Waals surface area contributed by atoms with Crippen molar-refractivity contribution in [1.82, 2.24) is 9.88 Å². The highest BCUT2D eigenvalue weighted by Crippen LogP contribution is 2.31. The average molecular weight is 476 g/mol. The van der Waals surface area contributed by atoms with E-state index in [1.807, 2.05) is 19.0 Å². The first kappa shape index (κ1) is 24.5. The predicted octanol–water partition coefficient (Wildman–Crippen LogP) is 5.21. The van der Waals surface area contributed by atoms with E-state index in [1.54, 1.807) is 12.1 Å². The second-order valence-electron chi connectivity index (χ2n) is 6.63. The van der Waals surface area contributed by atoms with Crippen LogP contribution in [0.4, 0.5) is 18.3 Å². The number of likely N-dealkylation sites (N-methyl/N-ethyl adjacent to an activating group) is 1. The molecule has 0 bridgehead atoms. The number of rotatable bonds is 8. The van der Waals surface area contributed by atoms with Crippen molar-refractivity contribution in [3.63, 3.8) is 0 Å². The van der Waals surface area contributed by atoms with Gasteiger partial charge in [-0.1, -0.05) is 11.3 Å². The van der Waals surface area contributed by atoms with E-state index in [0.29, 0.717) is 28.7 Å². The summed E-state index contributed by atoms with van der Waals surface area (Å²) in [4.78, 5) is 21.4. The summed E-state index contributed by atoms with van der Waals surface area (Å²) in [6, 6.07) is 8.10. The maximum Gasteiger partial charge on any atom is 0.229 e. The molecule has 0 atom stereocenters. The van der Waals surface area contributed by atoms with Gasteiger partial charge in [-0.3, -0.25) is 9.69 Å². The number of amides is 1. The fraction of sp³-hybridized carbons (Fsp3) is 0.300. The molecule has 10 heteroatoms. The normalized spacial score (nSPS) is 11.0. The summed E-state index contributed by atoms with van der Waals surface area (Å²) in [6.45, 7) is 0.987. The zero-order valence-corrected chi connectivity index (χ0v) is 18.9. The topological polar surface area (TPSA) is 36.4 Å². The third-order valence-corrected chi connectivity index (χ3v) is 6.14. The van der Waals surface area contributed by atoms with Gasteiger partial charge in [-0.05, 0) is 44.4 Å². The van der Waals surface area contributed by atoms with Crippen molar-refractivity contribution in [2.75, 3.05) is 37.8 Å². The minimum Gasteiger partial charge on any atom is -0.308 e. The number of hydrogen-bond acceptors (Lipinski definition) is 5. The molecule has 0 N–H and O–H groups in total. The quantitative estimate of drug-likeness (QED) is 0.419. The summed E-state index contributed by atoms with van der Waals surface area (Å²) in [5.41, 5.74) is 0.0646. The van der Waals surface area contributed by atoms with Crippen LogP contribution in [-0.4, -0.2) is 48.7 Å². The zero-order chi connectivity index (χ0) is 21.0. The summed E-state index contributed by atoms with van der Waals surface area (Å²) in [5.74, 6) is -1.36. The van der Waals surface area contributed by atoms with Gasteiger partial charge in [0.05, 0.1) is 4.70 Å². The van der Waals surface area contributed by atoms with Crippen LogP contribution < -0.4 is 4.90 Å². The lowest BCUT2D eigenvalue weighted by atomic mass is 10.3. The van der Waals surface area contributed by atoms with E-state index in [9.17, 15) is 18.0 Å². The second kappa shape index (κ2) is 11.0. The second-order valence-corrected chi connectivity index (χ2v) is 8.81. The molecule has 0 saturated heterocycles. The van der Waals surface area contributed by atoms with Gasteiger partial charge < -0.3 is 4.90 Å². The molecule has 3 aromatic rings. The van der Waals surface area contributed by atoms with E-state index >= 15 is 0 Å². The van der Waals surface area contributed by atoms with Crippen molar-refractivity contribution in [1.29, 1.82) is 0 Å². The lowest BCUT2D eigenvalue weighted by molar-refractivity contribution is -0.118. The highest BCUT2D eigenvalue weighted by molar-refractivity contribution is 7.99. The Balaban J connectivity index is 0.00000320. The SMILES string of the molecule is CN(C)CCN(C(=O)CCSc1ccc(F)cc1)c1nc2c(F)cc(F)cc2s1.Cl. The monoisotopic (exact) mass is 475 g/mol. The molecule has 0 radical (unpaired) electrons. The first-order valence-corrected chi connectivity index (χ1v) is 10.7. The predicted molar refractivity (Wildman–Crippen MR) is 119 cm³/mol. The van der Waals surface area contributed by atoms with Gasteiger partial charge in [-0.25, -0.2) is 18.2 Å². The van der Waals surface area contributed by atoms with E-state index in [2.05, 4.69) is 4.98 Å². The number of anilines is 1. The van der Waals surface area contributed by atoms with Crippen LogP contribution in [-0.2, 0) is 4.79 Å². The third kappa shape index (κ3) is 6.34. The van der Waals surface area contributed by atoms with Crippen LogP contribution in [0.2, 0.25) is 0 Å². The number of benzene rings is 2. The molecule has 1 aromatic heterocycles. The van der Waals surface area contributed by atoms with Crippen molar-refractivity contribution in [3.8, 4) is 0 Å². The van der Waals surface area contributed by atoms with Crippen LogP contribution in [0.15, 0.2) is 41.3 Å². The molecular formula is C20H21ClF3N3OS2. The Morgan fingerprint density at radius 2 is 1.77 bits per heavy atom. The van der Waals surface area contributed by atoms with Crippen molar-refractivity contribution in [3.05, 3.63) is 53.8 Å². The van der Waals surface area contributed by atoms with Gasteiger partial charge in [-0.15, -0.1) is 24.2 Å². The van der Waals surface area contributed by atoms with E-state index in [4.69, 9.17) is 0 Å². The van der Waals surface area contributed by atoms with Gasteiger partial charge >= 0.3 is 0 Å². The first-order valence-electron chi connectivity index (χ1n) is 8.92. The molecule has 1 amide bonds. The molecule has 30 heavy (non-hydrogen) atoms. The molecule has 0 aliphatic heterocycles. The Morgan fingerprint density at radius 3 is 2.43 bits per heavy atom. The highest BCUT2D eigenvalue weighted by atomic mass is 35.5. The van der Waals surface area contributed by atoms with E-state index in [-0.39, 0.29) is 36.1 Å². The number of aromatic nitrogens is 1. The summed E-state index contributed by atoms with van der Waals surface area (Å²) >= 11 is 2.54. The summed E-state index contributed by atoms with van der Waals surface area (Å²) < 4.78 is 40.9. The van der Waals surface area contributed by atoms with Gasteiger partial charge in [0.1, 0.15) is 17.2 Å². The van der Waals surface area contributed by atoms with E-state index in [1.165, 1.54) is 34.9 Å². The van der Waals surface area contributed by atoms with Gasteiger partial charge in [0, 0.05) is 36.2 Å². The maximum atomic E-state index is 14.0. The lowest BCUT2D eigenvalue weighted by Gasteiger charge is -2.22. The van der Waals surface area contributed by atoms with Crippen molar-refractivity contribution >= 4 is 56.8 Å². The Morgan fingerprint density at radius 1 is 1.07 bits per heavy atom. The molecule has 0 saturated carbocycles. The van der Waals surface area contributed by atoms with E-state index in [0.717, 1.165) is 22.3 Å². The molecule has 0 aliphatic rings. The fourth-order valence-electron chi connectivity index (χ4n) is 2.61. The number of thioether (sulfide) groups is 1. The molecular weight excluding hydrogens is 455 g/mol. The molecule has 0 spiro atoms. The van der Waals surface area contributed by atoms with Crippen LogP contribution in [0, 0.1) is 17.5 Å². The minimum absolute atomic E-state index is 0. The van der Waals surface area contributed by atoms with Gasteiger partial charge in [0.15, 0.2) is 10.9 Å². The zero-order valence-electron chi connectivity index (χ0n) is 16.4. The number of carbonyl (C=O) groups is 1. The summed E-state index contributed by atoms with van der Waals surface area (Å²) in [6.07, 6.45) is 0.238. The summed E-state index contributed by atoms with van der Waals surface area (Å²) in [5, 5.41) is 0.350. The van der Waals surface area contributed by atoms with Gasteiger partial charge in [0.25, 0.3) is 0 Å². The Hall–Kier alpha value is -1.81. The smallest absolute Gasteiger partial charge is 0.229 e. The van der Waals surface area contributed by atoms with Gasteiger partial charge in [0.2, 0.25) is 5.91 Å². The van der Waals surface area contributed by atoms with Crippen molar-refractivity contribution in [2.45, 2.75) is 11.3 Å². The molecule has 3 rings (SSSR count). The Labute approximate surface area is 187 Å². The van der Waals surface area contributed by atoms with Crippen LogP contribution in [0.5, 0.6) is 0 Å². The number of fused-ring (bicyclic) bond motifs is 1. The van der Waals surface area contributed by atoms with E-state index < -0.39 is 11.6 Å². The molecule has 1 heterocycles. The van der Waals surface area contributed by atoms with Crippen LogP contribution in [0.3, 0.4) is 0 Å². The first-order chi connectivity index (χ1) is 13.8. The lowest BCUT2D eigenvalue weighted by Crippen LogP contribution is -2.36. The number of carbonyl (C=O) groups excluding carboxylic acids is 1. The minimum atomic E-state index is -0.741. The van der Waals surface area contributed by atoms with Crippen LogP contribution in [0.1, 0.15) is 6.42 Å². The van der Waals surface area contributed by atoms with Gasteiger partial charge in [-0.2, -0.15) is 0 Å². The molecule has 162 valence electrons. The highest BCUT2D eigenvalue weighted by Gasteiger charge is 2.21. The molecule has 4 nitrogen and oxygen atoms in total. The van der Waals surface area contributed by atoms with Crippen molar-refractivity contribution < 1.29 is 18.0 Å². The standard InChI is InChI=1S/C20H20F3N3OS2.ClH/c1-25(2)8-9-26(18(27)7-10-28-15-5-3-13(21)4-6-15)20-24-19-16(23)11-14(22)12-17(19)29-20;/h3-6,11-12H,7-10H2,1-2H3;1H. The van der Waals surface area contributed by atoms with Crippen LogP contribution in [0.25, 0.3) is 10.2 Å². The molecule has 0 unspecified atom stereocenters. The van der Waals surface area contributed by atoms with Crippen molar-refractivity contribution in [2.24, 2.45) is 0 Å². The van der Waals surface area contributed by atoms with Crippen LogP contribution >= 0.6 is 35.5 Å². The average Bonchev–Trinajstić information content (AvgIpc) is 3.07. The largest absolute Gasteiger partial charge is 0.308 e. The Kier molecular flexibility index (Phi) is 8.96.